The molecule has 2 fully saturated rings. The summed E-state index contributed by atoms with van der Waals surface area (Å²) in [4.78, 5) is 18.0. The molecule has 1 saturated heterocycles. The lowest BCUT2D eigenvalue weighted by molar-refractivity contribution is -0.162. The van der Waals surface area contributed by atoms with E-state index >= 15 is 13.2 Å². The molecule has 1 aromatic carbocycles. The zero-order valence-electron chi connectivity index (χ0n) is 19.5. The van der Waals surface area contributed by atoms with Gasteiger partial charge in [-0.2, -0.15) is 17.4 Å². The first-order valence-corrected chi connectivity index (χ1v) is 12.5. The molecule has 35 heavy (non-hydrogen) atoms. The number of aryl methyl sites for hydroxylation is 1. The molecule has 2 heterocycles. The van der Waals surface area contributed by atoms with Gasteiger partial charge >= 0.3 is 0 Å². The highest BCUT2D eigenvalue weighted by Crippen LogP contribution is 2.41. The summed E-state index contributed by atoms with van der Waals surface area (Å²) in [6, 6.07) is 0.835. The second kappa shape index (κ2) is 8.87. The SMILES string of the molecule is Cc1nc(-c2cccc(C[C@H]3[C@@H](NS(=O)(=O)N(C)C)C(F)(F)CN3C(=O)C3(O)CCC3)c2F)co1. The van der Waals surface area contributed by atoms with Crippen LogP contribution in [0.4, 0.5) is 13.2 Å². The molecule has 0 unspecified atom stereocenters. The van der Waals surface area contributed by atoms with E-state index < -0.39 is 58.5 Å². The molecule has 9 nitrogen and oxygen atoms in total. The number of oxazole rings is 1. The number of likely N-dealkylation sites (tertiary alicyclic amines) is 1. The smallest absolute Gasteiger partial charge is 0.283 e. The van der Waals surface area contributed by atoms with Gasteiger partial charge in [-0.1, -0.05) is 12.1 Å². The monoisotopic (exact) mass is 516 g/mol. The van der Waals surface area contributed by atoms with Crippen LogP contribution in [-0.4, -0.2) is 77.9 Å². The van der Waals surface area contributed by atoms with Gasteiger partial charge in [-0.05, 0) is 37.3 Å². The van der Waals surface area contributed by atoms with Gasteiger partial charge in [0.05, 0.1) is 12.6 Å². The van der Waals surface area contributed by atoms with E-state index in [9.17, 15) is 18.3 Å². The molecular formula is C22H27F3N4O5S. The molecule has 0 bridgehead atoms. The van der Waals surface area contributed by atoms with Gasteiger partial charge in [-0.25, -0.2) is 18.2 Å². The molecule has 2 aromatic rings. The van der Waals surface area contributed by atoms with E-state index in [1.807, 2.05) is 4.72 Å². The van der Waals surface area contributed by atoms with E-state index in [1.54, 1.807) is 6.92 Å². The minimum Gasteiger partial charge on any atom is -0.449 e. The van der Waals surface area contributed by atoms with Crippen molar-refractivity contribution in [1.82, 2.24) is 18.9 Å². The third-order valence-electron chi connectivity index (χ3n) is 6.62. The van der Waals surface area contributed by atoms with Crippen molar-refractivity contribution in [3.05, 3.63) is 41.7 Å². The lowest BCUT2D eigenvalue weighted by atomic mass is 9.79. The molecule has 1 aliphatic carbocycles. The summed E-state index contributed by atoms with van der Waals surface area (Å²) >= 11 is 0. The van der Waals surface area contributed by atoms with E-state index in [0.717, 1.165) is 9.21 Å². The molecule has 0 radical (unpaired) electrons. The van der Waals surface area contributed by atoms with Gasteiger partial charge in [0.25, 0.3) is 22.0 Å². The van der Waals surface area contributed by atoms with Crippen LogP contribution < -0.4 is 4.72 Å². The average molecular weight is 517 g/mol. The lowest BCUT2D eigenvalue weighted by Gasteiger charge is -2.40. The Balaban J connectivity index is 1.74. The maximum Gasteiger partial charge on any atom is 0.283 e. The van der Waals surface area contributed by atoms with Crippen molar-refractivity contribution in [2.24, 2.45) is 0 Å². The minimum absolute atomic E-state index is 0.0155. The van der Waals surface area contributed by atoms with E-state index in [-0.39, 0.29) is 29.7 Å². The van der Waals surface area contributed by atoms with Gasteiger partial charge < -0.3 is 14.4 Å². The summed E-state index contributed by atoms with van der Waals surface area (Å²) in [6.07, 6.45) is 1.63. The minimum atomic E-state index is -4.33. The van der Waals surface area contributed by atoms with Crippen LogP contribution in [0.3, 0.4) is 0 Å². The molecule has 1 aliphatic heterocycles. The Morgan fingerprint density at radius 3 is 2.57 bits per heavy atom. The van der Waals surface area contributed by atoms with E-state index in [0.29, 0.717) is 12.3 Å². The quantitative estimate of drug-likeness (QED) is 0.581. The molecule has 4 rings (SSSR count). The summed E-state index contributed by atoms with van der Waals surface area (Å²) in [5.41, 5.74) is -1.52. The molecule has 2 atom stereocenters. The maximum absolute atomic E-state index is 15.5. The van der Waals surface area contributed by atoms with Crippen LogP contribution in [0.1, 0.15) is 30.7 Å². The highest BCUT2D eigenvalue weighted by atomic mass is 32.2. The number of nitrogens with one attached hydrogen (secondary N) is 1. The highest BCUT2D eigenvalue weighted by Gasteiger charge is 2.60. The molecule has 1 aromatic heterocycles. The van der Waals surface area contributed by atoms with Crippen molar-refractivity contribution in [2.45, 2.75) is 56.2 Å². The number of carbonyl (C=O) groups excluding carboxylic acids is 1. The molecule has 1 amide bonds. The summed E-state index contributed by atoms with van der Waals surface area (Å²) in [6.45, 7) is 0.477. The normalized spacial score (nSPS) is 23.5. The third-order valence-corrected chi connectivity index (χ3v) is 8.13. The number of nitrogens with zero attached hydrogens (tertiary/aromatic N) is 3. The van der Waals surface area contributed by atoms with Crippen LogP contribution >= 0.6 is 0 Å². The molecular weight excluding hydrogens is 489 g/mol. The van der Waals surface area contributed by atoms with Gasteiger partial charge in [-0.15, -0.1) is 0 Å². The van der Waals surface area contributed by atoms with Gasteiger partial charge in [0.2, 0.25) is 0 Å². The van der Waals surface area contributed by atoms with Gasteiger partial charge in [0.15, 0.2) is 5.89 Å². The Kier molecular flexibility index (Phi) is 6.49. The van der Waals surface area contributed by atoms with Crippen molar-refractivity contribution < 1.29 is 35.9 Å². The van der Waals surface area contributed by atoms with Crippen LogP contribution in [0, 0.1) is 12.7 Å². The summed E-state index contributed by atoms with van der Waals surface area (Å²) in [7, 11) is -1.98. The van der Waals surface area contributed by atoms with Crippen LogP contribution in [0.2, 0.25) is 0 Å². The average Bonchev–Trinajstić information content (AvgIpc) is 3.28. The number of hydrogen-bond acceptors (Lipinski definition) is 6. The number of hydrogen-bond donors (Lipinski definition) is 2. The van der Waals surface area contributed by atoms with Gasteiger partial charge in [0, 0.05) is 26.6 Å². The van der Waals surface area contributed by atoms with Crippen molar-refractivity contribution in [2.75, 3.05) is 20.6 Å². The largest absolute Gasteiger partial charge is 0.449 e. The summed E-state index contributed by atoms with van der Waals surface area (Å²) in [5, 5.41) is 10.6. The fraction of sp³-hybridized carbons (Fsp3) is 0.545. The molecule has 192 valence electrons. The standard InChI is InChI=1S/C22H27F3N4O5S/c1-13-26-16(11-34-13)15-7-4-6-14(18(15)23)10-17-19(27-35(32,33)28(2)3)22(24,25)12-29(17)20(30)21(31)8-5-9-21/h4,6-7,11,17,19,27,31H,5,8-10,12H2,1-3H3/t17-,19+/m0/s1. The molecule has 2 aliphatic rings. The summed E-state index contributed by atoms with van der Waals surface area (Å²) < 4.78 is 78.6. The van der Waals surface area contributed by atoms with Crippen molar-refractivity contribution in [3.63, 3.8) is 0 Å². The van der Waals surface area contributed by atoms with Crippen molar-refractivity contribution in [1.29, 1.82) is 0 Å². The van der Waals surface area contributed by atoms with E-state index in [2.05, 4.69) is 4.98 Å². The first-order chi connectivity index (χ1) is 16.2. The second-order valence-corrected chi connectivity index (χ2v) is 11.2. The lowest BCUT2D eigenvalue weighted by Crippen LogP contribution is -2.58. The topological polar surface area (TPSA) is 116 Å². The Morgan fingerprint density at radius 1 is 1.34 bits per heavy atom. The highest BCUT2D eigenvalue weighted by molar-refractivity contribution is 7.87. The Labute approximate surface area is 201 Å². The zero-order chi connectivity index (χ0) is 25.8. The fourth-order valence-corrected chi connectivity index (χ4v) is 5.29. The number of aromatic nitrogens is 1. The number of alkyl halides is 2. The Hall–Kier alpha value is -2.48. The number of halogens is 3. The van der Waals surface area contributed by atoms with Crippen LogP contribution in [0.25, 0.3) is 11.3 Å². The fourth-order valence-electron chi connectivity index (χ4n) is 4.43. The number of rotatable bonds is 7. The zero-order valence-corrected chi connectivity index (χ0v) is 20.3. The Bertz CT molecular complexity index is 1230. The van der Waals surface area contributed by atoms with E-state index in [4.69, 9.17) is 4.42 Å². The van der Waals surface area contributed by atoms with Crippen LogP contribution in [-0.2, 0) is 21.4 Å². The maximum atomic E-state index is 15.5. The van der Waals surface area contributed by atoms with Crippen molar-refractivity contribution >= 4 is 16.1 Å². The van der Waals surface area contributed by atoms with Crippen LogP contribution in [0.5, 0.6) is 0 Å². The third kappa shape index (κ3) is 4.69. The van der Waals surface area contributed by atoms with E-state index in [1.165, 1.54) is 38.6 Å². The Morgan fingerprint density at radius 2 is 2.03 bits per heavy atom. The number of benzene rings is 1. The summed E-state index contributed by atoms with van der Waals surface area (Å²) in [5.74, 6) is -5.02. The first kappa shape index (κ1) is 25.6. The molecule has 1 saturated carbocycles. The predicted octanol–water partition coefficient (Wildman–Crippen LogP) is 1.86. The van der Waals surface area contributed by atoms with Crippen molar-refractivity contribution in [3.8, 4) is 11.3 Å². The van der Waals surface area contributed by atoms with Gasteiger partial charge in [-0.3, -0.25) is 4.79 Å². The number of carbonyl (C=O) groups is 1. The molecule has 0 spiro atoms. The predicted molar refractivity (Wildman–Crippen MR) is 119 cm³/mol. The van der Waals surface area contributed by atoms with Crippen LogP contribution in [0.15, 0.2) is 28.9 Å². The first-order valence-electron chi connectivity index (χ1n) is 11.1. The number of amides is 1. The van der Waals surface area contributed by atoms with Gasteiger partial charge in [0.1, 0.15) is 29.4 Å². The molecule has 2 N–H and O–H groups in total. The number of aliphatic hydroxyl groups is 1. The second-order valence-electron chi connectivity index (χ2n) is 9.26. The molecule has 13 heteroatoms.